The van der Waals surface area contributed by atoms with E-state index < -0.39 is 17.2 Å². The van der Waals surface area contributed by atoms with Gasteiger partial charge in [0.25, 0.3) is 0 Å². The molecule has 2 fully saturated rings. The summed E-state index contributed by atoms with van der Waals surface area (Å²) < 4.78 is 28.5. The fourth-order valence-electron chi connectivity index (χ4n) is 6.58. The van der Waals surface area contributed by atoms with E-state index in [2.05, 4.69) is 38.5 Å². The molecule has 0 saturated heterocycles. The molecule has 1 aliphatic heterocycles. The van der Waals surface area contributed by atoms with Crippen LogP contribution in [0.4, 0.5) is 8.78 Å². The van der Waals surface area contributed by atoms with Gasteiger partial charge in [-0.3, -0.25) is 4.79 Å². The number of nitrogens with one attached hydrogen (secondary N) is 1. The number of amides is 1. The van der Waals surface area contributed by atoms with Gasteiger partial charge in [0, 0.05) is 27.1 Å². The van der Waals surface area contributed by atoms with Crippen molar-refractivity contribution in [2.45, 2.75) is 81.1 Å². The summed E-state index contributed by atoms with van der Waals surface area (Å²) in [4.78, 5) is 13.9. The molecule has 3 aliphatic rings. The Hall–Kier alpha value is -1.58. The smallest absolute Gasteiger partial charge is 0.244 e. The van der Waals surface area contributed by atoms with E-state index in [1.54, 1.807) is 9.07 Å². The van der Waals surface area contributed by atoms with Gasteiger partial charge < -0.3 is 10.4 Å². The molecule has 0 aromatic heterocycles. The van der Waals surface area contributed by atoms with Gasteiger partial charge in [-0.1, -0.05) is 52.8 Å². The summed E-state index contributed by atoms with van der Waals surface area (Å²) in [7, 11) is 2.10. The first-order chi connectivity index (χ1) is 18.9. The van der Waals surface area contributed by atoms with Gasteiger partial charge in [0.1, 0.15) is 11.6 Å². The zero-order valence-corrected chi connectivity index (χ0v) is 25.3. The summed E-state index contributed by atoms with van der Waals surface area (Å²) in [6.07, 6.45) is 15.1. The Morgan fingerprint density at radius 3 is 2.62 bits per heavy atom. The van der Waals surface area contributed by atoms with E-state index in [1.807, 2.05) is 0 Å². The first-order valence-corrected chi connectivity index (χ1v) is 18.8. The number of aliphatic hydroxyl groups is 1. The summed E-state index contributed by atoms with van der Waals surface area (Å²) in [6, 6.07) is 12.1. The molecule has 0 spiro atoms. The maximum Gasteiger partial charge on any atom is 0.244 e. The van der Waals surface area contributed by atoms with Crippen molar-refractivity contribution >= 4 is 43.8 Å². The Morgan fingerprint density at radius 2 is 1.82 bits per heavy atom. The van der Waals surface area contributed by atoms with E-state index in [9.17, 15) is 18.7 Å². The monoisotopic (exact) mass is 665 g/mol. The lowest BCUT2D eigenvalue weighted by atomic mass is 9.72. The minimum atomic E-state index is -0.891. The molecular weight excluding hydrogens is 627 g/mol. The van der Waals surface area contributed by atoms with Crippen molar-refractivity contribution < 1.29 is 18.7 Å². The molecule has 1 amide bonds. The van der Waals surface area contributed by atoms with Crippen LogP contribution in [0.1, 0.15) is 81.8 Å². The third-order valence-electron chi connectivity index (χ3n) is 8.77. The van der Waals surface area contributed by atoms with Crippen molar-refractivity contribution in [3.8, 4) is 0 Å². The van der Waals surface area contributed by atoms with Crippen molar-refractivity contribution in [2.24, 2.45) is 17.8 Å². The van der Waals surface area contributed by atoms with Crippen molar-refractivity contribution in [1.29, 1.82) is 0 Å². The first kappa shape index (κ1) is 28.9. The molecule has 3 nitrogen and oxygen atoms in total. The molecule has 2 aliphatic carbocycles. The van der Waals surface area contributed by atoms with Gasteiger partial charge in [0.15, 0.2) is 0 Å². The average Bonchev–Trinajstić information content (AvgIpc) is 3.36. The number of halogens is 3. The van der Waals surface area contributed by atoms with Crippen LogP contribution in [-0.2, 0) is 4.79 Å². The zero-order valence-electron chi connectivity index (χ0n) is 22.3. The second-order valence-electron chi connectivity index (χ2n) is 11.4. The second-order valence-corrected chi connectivity index (χ2v) is 16.0. The van der Waals surface area contributed by atoms with Gasteiger partial charge in [-0.2, -0.15) is 0 Å². The van der Waals surface area contributed by atoms with Gasteiger partial charge in [0.2, 0.25) is 5.91 Å². The van der Waals surface area contributed by atoms with E-state index in [-0.39, 0.29) is 43.3 Å². The minimum absolute atomic E-state index is 0.0898. The number of rotatable bonds is 9. The maximum atomic E-state index is 13.4. The van der Waals surface area contributed by atoms with Crippen LogP contribution in [0.5, 0.6) is 0 Å². The largest absolute Gasteiger partial charge is 0.388 e. The van der Waals surface area contributed by atoms with Crippen molar-refractivity contribution in [3.05, 3.63) is 71.3 Å². The molecular formula is C32H38F2INO2S. The van der Waals surface area contributed by atoms with Crippen molar-refractivity contribution in [1.82, 2.24) is 5.32 Å². The molecule has 2 aromatic rings. The highest BCUT2D eigenvalue weighted by Crippen LogP contribution is 2.48. The number of benzene rings is 2. The number of carbonyl (C=O) groups is 1. The van der Waals surface area contributed by atoms with Crippen LogP contribution in [0.25, 0.3) is 6.08 Å². The summed E-state index contributed by atoms with van der Waals surface area (Å²) in [5, 5.41) is 14.3. The quantitative estimate of drug-likeness (QED) is 0.210. The Kier molecular flexibility index (Phi) is 9.93. The Balaban J connectivity index is 1.06. The highest BCUT2D eigenvalue weighted by Gasteiger charge is 2.38. The SMILES string of the molecule is O=C(/C=C/c1cc(F)cc(F)c1)NCC1(O)CCCC[C@@H]1CCCC1CCC(C2=ISc3ccccc32)CC1. The number of carbonyl (C=O) groups excluding carboxylic acids is 1. The zero-order chi connectivity index (χ0) is 27.2. The van der Waals surface area contributed by atoms with Crippen LogP contribution in [0.3, 0.4) is 0 Å². The lowest BCUT2D eigenvalue weighted by Crippen LogP contribution is -2.49. The van der Waals surface area contributed by atoms with Crippen LogP contribution < -0.4 is 5.32 Å². The average molecular weight is 666 g/mol. The summed E-state index contributed by atoms with van der Waals surface area (Å²) in [6.45, 7) is 0.213. The third-order valence-corrected chi connectivity index (χ3v) is 14.5. The van der Waals surface area contributed by atoms with Crippen LogP contribution in [-0.4, -0.2) is 26.7 Å². The Labute approximate surface area is 243 Å². The van der Waals surface area contributed by atoms with Crippen LogP contribution in [0.15, 0.2) is 53.4 Å². The lowest BCUT2D eigenvalue weighted by molar-refractivity contribution is -0.119. The minimum Gasteiger partial charge on any atom is -0.388 e. The van der Waals surface area contributed by atoms with Gasteiger partial charge >= 0.3 is 0 Å². The number of hydrogen-bond acceptors (Lipinski definition) is 3. The van der Waals surface area contributed by atoms with E-state index in [1.165, 1.54) is 61.3 Å². The van der Waals surface area contributed by atoms with Gasteiger partial charge in [-0.15, -0.1) is 0 Å². The fourth-order valence-corrected chi connectivity index (χ4v) is 13.0. The van der Waals surface area contributed by atoms with Crippen LogP contribution in [0.2, 0.25) is 0 Å². The Bertz CT molecular complexity index is 1210. The predicted octanol–water partition coefficient (Wildman–Crippen LogP) is 8.20. The Morgan fingerprint density at radius 1 is 1.05 bits per heavy atom. The molecule has 5 rings (SSSR count). The molecule has 7 heteroatoms. The third kappa shape index (κ3) is 7.59. The van der Waals surface area contributed by atoms with Gasteiger partial charge in [-0.25, -0.2) is 8.78 Å². The standard InChI is InChI=1S/C32H38F2INO2S/c33-26-18-23(19-27(34)20-26)13-16-30(37)36-21-32(38)17-4-3-7-25(32)8-5-6-22-11-14-24(15-12-22)31-28-9-1-2-10-29(28)39-35-31/h1-2,9-10,13,16,18-20,22,24-25,38H,3-8,11-12,14-15,17,21H2,(H,36,37)/b16-13+/t22?,24?,25-,32?/m1/s1. The van der Waals surface area contributed by atoms with Crippen molar-refractivity contribution in [3.63, 3.8) is 0 Å². The van der Waals surface area contributed by atoms with Gasteiger partial charge in [-0.05, 0) is 117 Å². The van der Waals surface area contributed by atoms with Crippen molar-refractivity contribution in [2.75, 3.05) is 6.54 Å². The molecule has 0 radical (unpaired) electrons. The summed E-state index contributed by atoms with van der Waals surface area (Å²) in [5.41, 5.74) is 0.942. The molecule has 1 unspecified atom stereocenters. The van der Waals surface area contributed by atoms with Gasteiger partial charge in [0.05, 0.1) is 5.60 Å². The second kappa shape index (κ2) is 13.4. The summed E-state index contributed by atoms with van der Waals surface area (Å²) in [5.74, 6) is 0.0433. The van der Waals surface area contributed by atoms with E-state index in [4.69, 9.17) is 0 Å². The first-order valence-electron chi connectivity index (χ1n) is 14.3. The highest BCUT2D eigenvalue weighted by atomic mass is 127. The lowest BCUT2D eigenvalue weighted by Gasteiger charge is -2.40. The number of hydrogen-bond donors (Lipinski definition) is 2. The molecule has 2 N–H and O–H groups in total. The predicted molar refractivity (Wildman–Crippen MR) is 165 cm³/mol. The number of fused-ring (bicyclic) bond motifs is 1. The van der Waals surface area contributed by atoms with Crippen LogP contribution in [0, 0.1) is 29.4 Å². The van der Waals surface area contributed by atoms with Crippen LogP contribution >= 0.6 is 28.3 Å². The normalized spacial score (nSPS) is 27.1. The molecule has 210 valence electrons. The molecule has 2 aromatic carbocycles. The summed E-state index contributed by atoms with van der Waals surface area (Å²) >= 11 is 0.0898. The van der Waals surface area contributed by atoms with E-state index in [0.717, 1.165) is 50.0 Å². The molecule has 39 heavy (non-hydrogen) atoms. The molecule has 1 heterocycles. The molecule has 0 bridgehead atoms. The molecule has 2 saturated carbocycles. The fraction of sp³-hybridized carbons (Fsp3) is 0.500. The van der Waals surface area contributed by atoms with E-state index >= 15 is 0 Å². The topological polar surface area (TPSA) is 49.3 Å². The maximum absolute atomic E-state index is 13.4. The highest BCUT2D eigenvalue weighted by molar-refractivity contribution is 14.2. The molecule has 2 atom stereocenters. The van der Waals surface area contributed by atoms with E-state index in [0.29, 0.717) is 6.42 Å².